The van der Waals surface area contributed by atoms with Gasteiger partial charge in [-0.25, -0.2) is 0 Å². The van der Waals surface area contributed by atoms with E-state index in [-0.39, 0.29) is 29.9 Å². The molecular formula is C17H25N3O3. The Kier molecular flexibility index (Phi) is 4.68. The summed E-state index contributed by atoms with van der Waals surface area (Å²) in [6.07, 6.45) is 10.0. The Hall–Kier alpha value is -1.85. The van der Waals surface area contributed by atoms with Crippen LogP contribution in [0.15, 0.2) is 12.4 Å². The van der Waals surface area contributed by atoms with Crippen molar-refractivity contribution < 1.29 is 14.3 Å². The zero-order chi connectivity index (χ0) is 16.4. The van der Waals surface area contributed by atoms with Crippen LogP contribution < -0.4 is 0 Å². The van der Waals surface area contributed by atoms with Crippen LogP contribution in [0.4, 0.5) is 0 Å². The second-order valence-electron chi connectivity index (χ2n) is 6.74. The molecule has 2 aliphatic rings. The van der Waals surface area contributed by atoms with E-state index in [9.17, 15) is 9.59 Å². The molecule has 1 saturated heterocycles. The summed E-state index contributed by atoms with van der Waals surface area (Å²) in [6.45, 7) is 0. The molecule has 1 aromatic rings. The number of piperidine rings is 1. The number of esters is 1. The summed E-state index contributed by atoms with van der Waals surface area (Å²) in [5.41, 5.74) is 0.897. The number of amides is 1. The van der Waals surface area contributed by atoms with Crippen LogP contribution in [0.1, 0.15) is 56.6 Å². The van der Waals surface area contributed by atoms with Crippen LogP contribution in [0.2, 0.25) is 0 Å². The van der Waals surface area contributed by atoms with Gasteiger partial charge in [0.25, 0.3) is 0 Å². The predicted molar refractivity (Wildman–Crippen MR) is 84.4 cm³/mol. The van der Waals surface area contributed by atoms with Gasteiger partial charge in [0.2, 0.25) is 5.91 Å². The van der Waals surface area contributed by atoms with Crippen LogP contribution >= 0.6 is 0 Å². The maximum absolute atomic E-state index is 12.7. The molecule has 0 aromatic carbocycles. The van der Waals surface area contributed by atoms with E-state index in [4.69, 9.17) is 4.74 Å². The van der Waals surface area contributed by atoms with E-state index in [2.05, 4.69) is 5.10 Å². The van der Waals surface area contributed by atoms with Gasteiger partial charge in [-0.2, -0.15) is 5.10 Å². The Bertz CT molecular complexity index is 577. The van der Waals surface area contributed by atoms with Crippen molar-refractivity contribution in [1.82, 2.24) is 14.7 Å². The van der Waals surface area contributed by atoms with Gasteiger partial charge in [-0.1, -0.05) is 6.42 Å². The highest BCUT2D eigenvalue weighted by molar-refractivity contribution is 5.82. The van der Waals surface area contributed by atoms with E-state index < -0.39 is 0 Å². The average molecular weight is 319 g/mol. The Morgan fingerprint density at radius 3 is 2.61 bits per heavy atom. The summed E-state index contributed by atoms with van der Waals surface area (Å²) in [5, 5.41) is 4.19. The van der Waals surface area contributed by atoms with E-state index in [1.807, 2.05) is 13.2 Å². The van der Waals surface area contributed by atoms with Crippen molar-refractivity contribution in [1.29, 1.82) is 0 Å². The van der Waals surface area contributed by atoms with Crippen molar-refractivity contribution >= 4 is 11.9 Å². The number of likely N-dealkylation sites (tertiary alicyclic amines) is 1. The third-order valence-corrected chi connectivity index (χ3v) is 5.07. The van der Waals surface area contributed by atoms with Crippen molar-refractivity contribution in [2.45, 2.75) is 57.1 Å². The zero-order valence-electron chi connectivity index (χ0n) is 13.9. The van der Waals surface area contributed by atoms with Crippen LogP contribution in [0.3, 0.4) is 0 Å². The van der Waals surface area contributed by atoms with E-state index >= 15 is 0 Å². The molecule has 0 spiro atoms. The van der Waals surface area contributed by atoms with Gasteiger partial charge in [0.15, 0.2) is 0 Å². The number of hydrogen-bond donors (Lipinski definition) is 0. The van der Waals surface area contributed by atoms with Crippen LogP contribution in [-0.4, -0.2) is 39.7 Å². The molecule has 2 unspecified atom stereocenters. The minimum absolute atomic E-state index is 0.0498. The maximum atomic E-state index is 12.7. The van der Waals surface area contributed by atoms with Gasteiger partial charge >= 0.3 is 5.97 Å². The summed E-state index contributed by atoms with van der Waals surface area (Å²) >= 11 is 0. The number of aromatic nitrogens is 2. The summed E-state index contributed by atoms with van der Waals surface area (Å²) in [6, 6.07) is -0.277. The summed E-state index contributed by atoms with van der Waals surface area (Å²) < 4.78 is 7.47. The number of nitrogens with zero attached hydrogens (tertiary/aromatic N) is 3. The van der Waals surface area contributed by atoms with E-state index in [0.717, 1.165) is 31.2 Å². The van der Waals surface area contributed by atoms with Crippen molar-refractivity contribution in [3.63, 3.8) is 0 Å². The zero-order valence-corrected chi connectivity index (χ0v) is 13.9. The first-order valence-corrected chi connectivity index (χ1v) is 8.51. The SMILES string of the molecule is CN1C(=O)CCC(C(=O)OC2CCCCC2)C1c1cnn(C)c1. The Labute approximate surface area is 136 Å². The molecule has 6 nitrogen and oxygen atoms in total. The molecule has 0 radical (unpaired) electrons. The molecule has 2 heterocycles. The number of aryl methyl sites for hydroxylation is 1. The molecule has 23 heavy (non-hydrogen) atoms. The number of carbonyl (C=O) groups excluding carboxylic acids is 2. The topological polar surface area (TPSA) is 64.4 Å². The second-order valence-corrected chi connectivity index (χ2v) is 6.74. The molecule has 3 rings (SSSR count). The summed E-state index contributed by atoms with van der Waals surface area (Å²) in [4.78, 5) is 26.5. The lowest BCUT2D eigenvalue weighted by molar-refractivity contribution is -0.162. The third-order valence-electron chi connectivity index (χ3n) is 5.07. The molecule has 1 aliphatic carbocycles. The fourth-order valence-corrected chi connectivity index (χ4v) is 3.77. The van der Waals surface area contributed by atoms with Gasteiger partial charge < -0.3 is 9.64 Å². The first-order chi connectivity index (χ1) is 11.1. The van der Waals surface area contributed by atoms with Crippen LogP contribution in [0, 0.1) is 5.92 Å². The smallest absolute Gasteiger partial charge is 0.311 e. The minimum atomic E-state index is -0.302. The number of carbonyl (C=O) groups is 2. The van der Waals surface area contributed by atoms with Crippen LogP contribution in [0.25, 0.3) is 0 Å². The molecule has 0 N–H and O–H groups in total. The monoisotopic (exact) mass is 319 g/mol. The van der Waals surface area contributed by atoms with Gasteiger partial charge in [0.05, 0.1) is 18.2 Å². The summed E-state index contributed by atoms with van der Waals surface area (Å²) in [5.74, 6) is -0.394. The molecule has 2 fully saturated rings. The predicted octanol–water partition coefficient (Wildman–Crippen LogP) is 2.21. The third kappa shape index (κ3) is 3.41. The fourth-order valence-electron chi connectivity index (χ4n) is 3.77. The first-order valence-electron chi connectivity index (χ1n) is 8.51. The van der Waals surface area contributed by atoms with E-state index in [1.54, 1.807) is 22.8 Å². The molecule has 126 valence electrons. The number of ether oxygens (including phenoxy) is 1. The Balaban J connectivity index is 1.77. The van der Waals surface area contributed by atoms with E-state index in [1.165, 1.54) is 6.42 Å². The van der Waals surface area contributed by atoms with Gasteiger partial charge in [0, 0.05) is 32.3 Å². The Morgan fingerprint density at radius 1 is 1.22 bits per heavy atom. The quantitative estimate of drug-likeness (QED) is 0.801. The maximum Gasteiger partial charge on any atom is 0.311 e. The number of hydrogen-bond acceptors (Lipinski definition) is 4. The minimum Gasteiger partial charge on any atom is -0.462 e. The molecule has 0 bridgehead atoms. The van der Waals surface area contributed by atoms with Crippen molar-refractivity contribution in [2.24, 2.45) is 13.0 Å². The normalized spacial score (nSPS) is 26.3. The number of rotatable bonds is 3. The van der Waals surface area contributed by atoms with Crippen LogP contribution in [0.5, 0.6) is 0 Å². The lowest BCUT2D eigenvalue weighted by Crippen LogP contribution is -2.44. The average Bonchev–Trinajstić information content (AvgIpc) is 2.96. The molecule has 6 heteroatoms. The highest BCUT2D eigenvalue weighted by atomic mass is 16.5. The molecular weight excluding hydrogens is 294 g/mol. The highest BCUT2D eigenvalue weighted by Crippen LogP contribution is 2.37. The van der Waals surface area contributed by atoms with Crippen molar-refractivity contribution in [2.75, 3.05) is 7.05 Å². The molecule has 1 saturated carbocycles. The highest BCUT2D eigenvalue weighted by Gasteiger charge is 2.41. The molecule has 2 atom stereocenters. The largest absolute Gasteiger partial charge is 0.462 e. The molecule has 1 aliphatic heterocycles. The van der Waals surface area contributed by atoms with E-state index in [0.29, 0.717) is 12.8 Å². The summed E-state index contributed by atoms with van der Waals surface area (Å²) in [7, 11) is 3.60. The fraction of sp³-hybridized carbons (Fsp3) is 0.706. The first kappa shape index (κ1) is 16.0. The van der Waals surface area contributed by atoms with Gasteiger partial charge in [-0.05, 0) is 32.1 Å². The van der Waals surface area contributed by atoms with Gasteiger partial charge in [0.1, 0.15) is 6.10 Å². The standard InChI is InChI=1S/C17H25N3O3/c1-19-11-12(10-18-19)16-14(8-9-15(21)20(16)2)17(22)23-13-6-4-3-5-7-13/h10-11,13-14,16H,3-9H2,1-2H3. The van der Waals surface area contributed by atoms with Gasteiger partial charge in [-0.3, -0.25) is 14.3 Å². The van der Waals surface area contributed by atoms with Crippen molar-refractivity contribution in [3.8, 4) is 0 Å². The van der Waals surface area contributed by atoms with Crippen LogP contribution in [-0.2, 0) is 21.4 Å². The van der Waals surface area contributed by atoms with Gasteiger partial charge in [-0.15, -0.1) is 0 Å². The molecule has 1 aromatic heterocycles. The second kappa shape index (κ2) is 6.72. The Morgan fingerprint density at radius 2 is 1.96 bits per heavy atom. The lowest BCUT2D eigenvalue weighted by atomic mass is 9.85. The molecule has 1 amide bonds. The lowest BCUT2D eigenvalue weighted by Gasteiger charge is -2.38. The van der Waals surface area contributed by atoms with Crippen molar-refractivity contribution in [3.05, 3.63) is 18.0 Å².